The summed E-state index contributed by atoms with van der Waals surface area (Å²) in [6.07, 6.45) is 1.56. The zero-order valence-corrected chi connectivity index (χ0v) is 17.4. The van der Waals surface area contributed by atoms with E-state index >= 15 is 0 Å². The van der Waals surface area contributed by atoms with Gasteiger partial charge in [-0.1, -0.05) is 36.4 Å². The maximum Gasteiger partial charge on any atom is 0.261 e. The average Bonchev–Trinajstić information content (AvgIpc) is 2.78. The number of sulfonamides is 1. The van der Waals surface area contributed by atoms with Crippen LogP contribution in [-0.4, -0.2) is 26.8 Å². The van der Waals surface area contributed by atoms with Gasteiger partial charge in [-0.25, -0.2) is 8.42 Å². The highest BCUT2D eigenvalue weighted by atomic mass is 32.2. The second-order valence-electron chi connectivity index (χ2n) is 6.49. The van der Waals surface area contributed by atoms with E-state index in [2.05, 4.69) is 21.9 Å². The van der Waals surface area contributed by atoms with Gasteiger partial charge in [0.15, 0.2) is 0 Å². The third-order valence-corrected chi connectivity index (χ3v) is 5.68. The number of carbonyl (C=O) groups excluding carboxylic acids is 2. The van der Waals surface area contributed by atoms with Crippen LogP contribution in [0, 0.1) is 0 Å². The second-order valence-corrected chi connectivity index (χ2v) is 8.18. The maximum absolute atomic E-state index is 12.6. The first-order chi connectivity index (χ1) is 14.9. The molecule has 0 saturated heterocycles. The number of rotatable bonds is 8. The molecule has 0 aliphatic rings. The summed E-state index contributed by atoms with van der Waals surface area (Å²) in [6.45, 7) is 3.85. The van der Waals surface area contributed by atoms with E-state index in [0.717, 1.165) is 0 Å². The van der Waals surface area contributed by atoms with Crippen molar-refractivity contribution in [3.05, 3.63) is 103 Å². The van der Waals surface area contributed by atoms with Crippen LogP contribution in [0.1, 0.15) is 20.7 Å². The molecule has 0 saturated carbocycles. The van der Waals surface area contributed by atoms with Crippen molar-refractivity contribution in [2.45, 2.75) is 4.90 Å². The molecule has 3 aromatic rings. The molecule has 0 fully saturated rings. The summed E-state index contributed by atoms with van der Waals surface area (Å²) in [6, 6.07) is 20.6. The Morgan fingerprint density at radius 2 is 1.48 bits per heavy atom. The standard InChI is InChI=1S/C23H21N3O4S/c1-2-16-24-23(28)20-10-6-7-11-21(20)25-22(27)17-12-14-19(15-13-17)31(29,30)26-18-8-4-3-5-9-18/h2-15,26H,1,16H2,(H,24,28)(H,25,27). The zero-order chi connectivity index (χ0) is 22.3. The molecule has 0 unspecified atom stereocenters. The third-order valence-electron chi connectivity index (χ3n) is 4.28. The molecule has 0 bridgehead atoms. The van der Waals surface area contributed by atoms with Crippen molar-refractivity contribution in [3.63, 3.8) is 0 Å². The Hall–Kier alpha value is -3.91. The molecule has 0 aliphatic heterocycles. The lowest BCUT2D eigenvalue weighted by molar-refractivity contribution is 0.0959. The van der Waals surface area contributed by atoms with Crippen molar-refractivity contribution in [2.75, 3.05) is 16.6 Å². The van der Waals surface area contributed by atoms with E-state index in [1.807, 2.05) is 0 Å². The van der Waals surface area contributed by atoms with Crippen molar-refractivity contribution in [1.29, 1.82) is 0 Å². The van der Waals surface area contributed by atoms with Crippen molar-refractivity contribution in [2.24, 2.45) is 0 Å². The lowest BCUT2D eigenvalue weighted by Crippen LogP contribution is -2.25. The fourth-order valence-electron chi connectivity index (χ4n) is 2.75. The molecule has 0 aliphatic carbocycles. The Morgan fingerprint density at radius 1 is 0.839 bits per heavy atom. The van der Waals surface area contributed by atoms with Crippen LogP contribution in [0.25, 0.3) is 0 Å². The number of para-hydroxylation sites is 2. The maximum atomic E-state index is 12.6. The van der Waals surface area contributed by atoms with Crippen LogP contribution in [0.2, 0.25) is 0 Å². The highest BCUT2D eigenvalue weighted by Crippen LogP contribution is 2.19. The number of amides is 2. The van der Waals surface area contributed by atoms with Gasteiger partial charge in [0.05, 0.1) is 16.1 Å². The molecule has 8 heteroatoms. The van der Waals surface area contributed by atoms with Gasteiger partial charge in [0, 0.05) is 17.8 Å². The van der Waals surface area contributed by atoms with Gasteiger partial charge in [-0.15, -0.1) is 6.58 Å². The molecule has 3 rings (SSSR count). The van der Waals surface area contributed by atoms with Crippen molar-refractivity contribution in [1.82, 2.24) is 5.32 Å². The largest absolute Gasteiger partial charge is 0.349 e. The van der Waals surface area contributed by atoms with Gasteiger partial charge < -0.3 is 10.6 Å². The molecule has 0 spiro atoms. The molecule has 0 atom stereocenters. The van der Waals surface area contributed by atoms with Gasteiger partial charge in [-0.05, 0) is 48.5 Å². The predicted octanol–water partition coefficient (Wildman–Crippen LogP) is 3.66. The minimum atomic E-state index is -3.78. The third kappa shape index (κ3) is 5.58. The zero-order valence-electron chi connectivity index (χ0n) is 16.5. The highest BCUT2D eigenvalue weighted by Gasteiger charge is 2.17. The molecule has 0 aromatic heterocycles. The Kier molecular flexibility index (Phi) is 6.84. The Balaban J connectivity index is 1.74. The van der Waals surface area contributed by atoms with Crippen LogP contribution < -0.4 is 15.4 Å². The number of nitrogens with one attached hydrogen (secondary N) is 3. The van der Waals surface area contributed by atoms with Crippen molar-refractivity contribution in [3.8, 4) is 0 Å². The number of hydrogen-bond acceptors (Lipinski definition) is 4. The number of carbonyl (C=O) groups is 2. The van der Waals surface area contributed by atoms with E-state index in [-0.39, 0.29) is 16.4 Å². The normalized spacial score (nSPS) is 10.7. The summed E-state index contributed by atoms with van der Waals surface area (Å²) in [5.41, 5.74) is 1.34. The molecule has 7 nitrogen and oxygen atoms in total. The van der Waals surface area contributed by atoms with Gasteiger partial charge in [0.1, 0.15) is 0 Å². The van der Waals surface area contributed by atoms with Gasteiger partial charge in [0.25, 0.3) is 21.8 Å². The number of benzene rings is 3. The van der Waals surface area contributed by atoms with Gasteiger partial charge in [-0.2, -0.15) is 0 Å². The van der Waals surface area contributed by atoms with E-state index in [0.29, 0.717) is 23.5 Å². The second kappa shape index (κ2) is 9.73. The van der Waals surface area contributed by atoms with Gasteiger partial charge >= 0.3 is 0 Å². The van der Waals surface area contributed by atoms with Crippen LogP contribution in [-0.2, 0) is 10.0 Å². The lowest BCUT2D eigenvalue weighted by atomic mass is 10.1. The van der Waals surface area contributed by atoms with Gasteiger partial charge in [0.2, 0.25) is 0 Å². The summed E-state index contributed by atoms with van der Waals surface area (Å²) in [7, 11) is -3.78. The van der Waals surface area contributed by atoms with Crippen molar-refractivity contribution >= 4 is 33.2 Å². The van der Waals surface area contributed by atoms with Crippen LogP contribution in [0.4, 0.5) is 11.4 Å². The number of anilines is 2. The number of hydrogen-bond donors (Lipinski definition) is 3. The SMILES string of the molecule is C=CCNC(=O)c1ccccc1NC(=O)c1ccc(S(=O)(=O)Nc2ccccc2)cc1. The van der Waals surface area contributed by atoms with Crippen LogP contribution >= 0.6 is 0 Å². The minimum Gasteiger partial charge on any atom is -0.349 e. The van der Waals surface area contributed by atoms with Crippen LogP contribution in [0.3, 0.4) is 0 Å². The van der Waals surface area contributed by atoms with E-state index < -0.39 is 15.9 Å². The molecular formula is C23H21N3O4S. The summed E-state index contributed by atoms with van der Waals surface area (Å²) in [5.74, 6) is -0.812. The predicted molar refractivity (Wildman–Crippen MR) is 121 cm³/mol. The Morgan fingerprint density at radius 3 is 2.16 bits per heavy atom. The topological polar surface area (TPSA) is 104 Å². The molecular weight excluding hydrogens is 414 g/mol. The monoisotopic (exact) mass is 435 g/mol. The van der Waals surface area contributed by atoms with E-state index in [1.165, 1.54) is 24.3 Å². The molecule has 2 amide bonds. The van der Waals surface area contributed by atoms with E-state index in [9.17, 15) is 18.0 Å². The Labute approximate surface area is 180 Å². The quantitative estimate of drug-likeness (QED) is 0.470. The lowest BCUT2D eigenvalue weighted by Gasteiger charge is -2.11. The Bertz CT molecular complexity index is 1190. The minimum absolute atomic E-state index is 0.0251. The van der Waals surface area contributed by atoms with Crippen LogP contribution in [0.5, 0.6) is 0 Å². The first kappa shape index (κ1) is 21.8. The first-order valence-corrected chi connectivity index (χ1v) is 10.9. The summed E-state index contributed by atoms with van der Waals surface area (Å²) < 4.78 is 27.5. The fourth-order valence-corrected chi connectivity index (χ4v) is 3.81. The van der Waals surface area contributed by atoms with E-state index in [1.54, 1.807) is 60.7 Å². The smallest absolute Gasteiger partial charge is 0.261 e. The van der Waals surface area contributed by atoms with Gasteiger partial charge in [-0.3, -0.25) is 14.3 Å². The first-order valence-electron chi connectivity index (χ1n) is 9.38. The summed E-state index contributed by atoms with van der Waals surface area (Å²) in [5, 5.41) is 5.36. The molecule has 0 heterocycles. The summed E-state index contributed by atoms with van der Waals surface area (Å²) in [4.78, 5) is 24.9. The molecule has 31 heavy (non-hydrogen) atoms. The van der Waals surface area contributed by atoms with Crippen molar-refractivity contribution < 1.29 is 18.0 Å². The fraction of sp³-hybridized carbons (Fsp3) is 0.0435. The molecule has 158 valence electrons. The molecule has 0 radical (unpaired) electrons. The van der Waals surface area contributed by atoms with Crippen LogP contribution in [0.15, 0.2) is 96.4 Å². The molecule has 3 aromatic carbocycles. The average molecular weight is 436 g/mol. The highest BCUT2D eigenvalue weighted by molar-refractivity contribution is 7.92. The van der Waals surface area contributed by atoms with E-state index in [4.69, 9.17) is 0 Å². The molecule has 3 N–H and O–H groups in total. The summed E-state index contributed by atoms with van der Waals surface area (Å²) >= 11 is 0.